The number of hydrogen-bond donors (Lipinski definition) is 3. The van der Waals surface area contributed by atoms with Gasteiger partial charge in [0.15, 0.2) is 5.82 Å². The largest absolute Gasteiger partial charge is 0.396 e. The van der Waals surface area contributed by atoms with Gasteiger partial charge in [0.25, 0.3) is 5.91 Å². The third-order valence-electron chi connectivity index (χ3n) is 3.11. The predicted octanol–water partition coefficient (Wildman–Crippen LogP) is 2.05. The number of carbonyl (C=O) groups excluding carboxylic acids is 1. The Balaban J connectivity index is 2.06. The van der Waals surface area contributed by atoms with Crippen molar-refractivity contribution in [1.29, 1.82) is 0 Å². The predicted molar refractivity (Wildman–Crippen MR) is 82.2 cm³/mol. The minimum atomic E-state index is -0.597. The van der Waals surface area contributed by atoms with E-state index in [9.17, 15) is 4.79 Å². The highest BCUT2D eigenvalue weighted by molar-refractivity contribution is 5.96. The molecule has 3 aromatic rings. The number of primary amides is 1. The molecule has 0 saturated carbocycles. The van der Waals surface area contributed by atoms with Crippen molar-refractivity contribution in [3.8, 4) is 0 Å². The Morgan fingerprint density at radius 1 is 1.14 bits per heavy atom. The Morgan fingerprint density at radius 3 is 2.81 bits per heavy atom. The van der Waals surface area contributed by atoms with Gasteiger partial charge in [0.05, 0.1) is 5.69 Å². The van der Waals surface area contributed by atoms with Crippen LogP contribution in [-0.2, 0) is 0 Å². The number of nitrogen functional groups attached to an aromatic ring is 1. The van der Waals surface area contributed by atoms with Crippen LogP contribution in [0.5, 0.6) is 0 Å². The minimum absolute atomic E-state index is 0.161. The molecule has 6 heteroatoms. The highest BCUT2D eigenvalue weighted by Crippen LogP contribution is 2.27. The number of aromatic nitrogens is 2. The Labute approximate surface area is 120 Å². The summed E-state index contributed by atoms with van der Waals surface area (Å²) in [5, 5.41) is 5.12. The molecule has 0 radical (unpaired) electrons. The molecule has 0 spiro atoms. The van der Waals surface area contributed by atoms with Crippen molar-refractivity contribution in [1.82, 2.24) is 9.97 Å². The molecule has 0 aliphatic heterocycles. The van der Waals surface area contributed by atoms with E-state index in [1.165, 1.54) is 6.07 Å². The van der Waals surface area contributed by atoms with E-state index in [2.05, 4.69) is 15.3 Å². The zero-order valence-corrected chi connectivity index (χ0v) is 11.1. The highest BCUT2D eigenvalue weighted by Gasteiger charge is 2.09. The number of hydrogen-bond acceptors (Lipinski definition) is 5. The summed E-state index contributed by atoms with van der Waals surface area (Å²) in [6, 6.07) is 10.8. The number of rotatable bonds is 3. The summed E-state index contributed by atoms with van der Waals surface area (Å²) < 4.78 is 0. The Morgan fingerprint density at radius 2 is 2.00 bits per heavy atom. The summed E-state index contributed by atoms with van der Waals surface area (Å²) in [5.41, 5.74) is 12.6. The average Bonchev–Trinajstić information content (AvgIpc) is 2.49. The number of nitrogens with one attached hydrogen (secondary N) is 1. The Hall–Kier alpha value is -3.15. The number of fused-ring (bicyclic) bond motifs is 1. The van der Waals surface area contributed by atoms with Crippen molar-refractivity contribution in [2.24, 2.45) is 5.73 Å². The number of benzene rings is 1. The molecule has 21 heavy (non-hydrogen) atoms. The lowest BCUT2D eigenvalue weighted by Gasteiger charge is -2.11. The number of amides is 1. The minimum Gasteiger partial charge on any atom is -0.396 e. The molecular weight excluding hydrogens is 266 g/mol. The molecule has 0 fully saturated rings. The molecule has 0 aliphatic rings. The molecular formula is C15H13N5O. The zero-order chi connectivity index (χ0) is 14.8. The first-order valence-corrected chi connectivity index (χ1v) is 6.31. The molecule has 104 valence electrons. The van der Waals surface area contributed by atoms with Gasteiger partial charge in [-0.2, -0.15) is 0 Å². The molecule has 0 aliphatic carbocycles. The molecule has 0 unspecified atom stereocenters. The van der Waals surface area contributed by atoms with Crippen LogP contribution in [0.3, 0.4) is 0 Å². The Kier molecular flexibility index (Phi) is 3.12. The van der Waals surface area contributed by atoms with Gasteiger partial charge in [0.1, 0.15) is 5.69 Å². The van der Waals surface area contributed by atoms with Crippen molar-refractivity contribution in [3.05, 3.63) is 54.5 Å². The van der Waals surface area contributed by atoms with Crippen molar-refractivity contribution in [3.63, 3.8) is 0 Å². The molecule has 2 heterocycles. The second kappa shape index (κ2) is 5.09. The normalized spacial score (nSPS) is 10.5. The molecule has 5 N–H and O–H groups in total. The van der Waals surface area contributed by atoms with Gasteiger partial charge in [-0.25, -0.2) is 4.98 Å². The van der Waals surface area contributed by atoms with Crippen molar-refractivity contribution in [2.75, 3.05) is 11.1 Å². The van der Waals surface area contributed by atoms with E-state index in [0.29, 0.717) is 11.5 Å². The van der Waals surface area contributed by atoms with Gasteiger partial charge in [0.2, 0.25) is 0 Å². The Bertz CT molecular complexity index is 826. The number of pyridine rings is 2. The molecule has 2 aromatic heterocycles. The van der Waals surface area contributed by atoms with Crippen molar-refractivity contribution < 1.29 is 4.79 Å². The smallest absolute Gasteiger partial charge is 0.267 e. The molecule has 1 aromatic carbocycles. The third kappa shape index (κ3) is 2.46. The average molecular weight is 279 g/mol. The van der Waals surface area contributed by atoms with Crippen LogP contribution >= 0.6 is 0 Å². The fraction of sp³-hybridized carbons (Fsp3) is 0. The molecule has 0 saturated heterocycles. The van der Waals surface area contributed by atoms with Crippen molar-refractivity contribution >= 4 is 33.9 Å². The van der Waals surface area contributed by atoms with E-state index < -0.39 is 5.91 Å². The summed E-state index contributed by atoms with van der Waals surface area (Å²) in [5.74, 6) is -0.198. The zero-order valence-electron chi connectivity index (χ0n) is 11.1. The van der Waals surface area contributed by atoms with E-state index in [1.54, 1.807) is 18.5 Å². The van der Waals surface area contributed by atoms with E-state index in [-0.39, 0.29) is 5.69 Å². The van der Waals surface area contributed by atoms with Gasteiger partial charge in [-0.05, 0) is 24.3 Å². The molecule has 3 rings (SSSR count). The van der Waals surface area contributed by atoms with Crippen LogP contribution in [-0.4, -0.2) is 15.9 Å². The first-order valence-electron chi connectivity index (χ1n) is 6.31. The van der Waals surface area contributed by atoms with Gasteiger partial charge in [-0.15, -0.1) is 0 Å². The molecule has 0 atom stereocenters. The summed E-state index contributed by atoms with van der Waals surface area (Å²) in [7, 11) is 0. The quantitative estimate of drug-likeness (QED) is 0.680. The topological polar surface area (TPSA) is 107 Å². The number of anilines is 3. The third-order valence-corrected chi connectivity index (χ3v) is 3.11. The summed E-state index contributed by atoms with van der Waals surface area (Å²) in [6.45, 7) is 0. The molecule has 6 nitrogen and oxygen atoms in total. The van der Waals surface area contributed by atoms with Gasteiger partial charge in [0, 0.05) is 28.9 Å². The molecule has 0 bridgehead atoms. The standard InChI is InChI=1S/C15H13N5O/c16-11-4-5-13(14(17)21)20-15(11)19-12-3-1-2-9-8-18-7-6-10(9)12/h1-8H,16H2,(H2,17,21)(H,19,20). The lowest BCUT2D eigenvalue weighted by molar-refractivity contribution is 0.0996. The van der Waals surface area contributed by atoms with Crippen LogP contribution in [0.1, 0.15) is 10.5 Å². The van der Waals surface area contributed by atoms with Crippen molar-refractivity contribution in [2.45, 2.75) is 0 Å². The monoisotopic (exact) mass is 279 g/mol. The maximum absolute atomic E-state index is 11.2. The second-order valence-corrected chi connectivity index (χ2v) is 4.53. The lowest BCUT2D eigenvalue weighted by atomic mass is 10.1. The summed E-state index contributed by atoms with van der Waals surface area (Å²) in [4.78, 5) is 19.4. The maximum Gasteiger partial charge on any atom is 0.267 e. The van der Waals surface area contributed by atoms with E-state index in [0.717, 1.165) is 16.5 Å². The number of nitrogens with two attached hydrogens (primary N) is 2. The van der Waals surface area contributed by atoms with Gasteiger partial charge in [-0.3, -0.25) is 9.78 Å². The first kappa shape index (κ1) is 12.9. The van der Waals surface area contributed by atoms with Crippen LogP contribution in [0, 0.1) is 0 Å². The summed E-state index contributed by atoms with van der Waals surface area (Å²) >= 11 is 0. The van der Waals surface area contributed by atoms with Gasteiger partial charge in [-0.1, -0.05) is 12.1 Å². The first-order chi connectivity index (χ1) is 10.1. The van der Waals surface area contributed by atoms with E-state index in [1.807, 2.05) is 24.3 Å². The lowest BCUT2D eigenvalue weighted by Crippen LogP contribution is -2.14. The van der Waals surface area contributed by atoms with Crippen LogP contribution in [0.2, 0.25) is 0 Å². The number of carbonyl (C=O) groups is 1. The van der Waals surface area contributed by atoms with Gasteiger partial charge < -0.3 is 16.8 Å². The second-order valence-electron chi connectivity index (χ2n) is 4.53. The van der Waals surface area contributed by atoms with E-state index in [4.69, 9.17) is 11.5 Å². The highest BCUT2D eigenvalue weighted by atomic mass is 16.1. The van der Waals surface area contributed by atoms with Crippen LogP contribution < -0.4 is 16.8 Å². The van der Waals surface area contributed by atoms with E-state index >= 15 is 0 Å². The van der Waals surface area contributed by atoms with Crippen LogP contribution in [0.4, 0.5) is 17.2 Å². The van der Waals surface area contributed by atoms with Crippen LogP contribution in [0.25, 0.3) is 10.8 Å². The number of nitrogens with zero attached hydrogens (tertiary/aromatic N) is 2. The fourth-order valence-corrected chi connectivity index (χ4v) is 2.07. The maximum atomic E-state index is 11.2. The fourth-order valence-electron chi connectivity index (χ4n) is 2.07. The van der Waals surface area contributed by atoms with Crippen LogP contribution in [0.15, 0.2) is 48.8 Å². The SMILES string of the molecule is NC(=O)c1ccc(N)c(Nc2cccc3cnccc23)n1. The van der Waals surface area contributed by atoms with Gasteiger partial charge >= 0.3 is 0 Å². The molecule has 1 amide bonds. The summed E-state index contributed by atoms with van der Waals surface area (Å²) in [6.07, 6.45) is 3.49.